The minimum Gasteiger partial charge on any atom is -0.395 e. The summed E-state index contributed by atoms with van der Waals surface area (Å²) in [6.45, 7) is 1.69. The Kier molecular flexibility index (Phi) is 13.6. The van der Waals surface area contributed by atoms with Gasteiger partial charge in [-0.05, 0) is 6.42 Å². The molecule has 0 aromatic rings. The highest BCUT2D eigenvalue weighted by Gasteiger charge is 2.15. The van der Waals surface area contributed by atoms with E-state index in [1.807, 2.05) is 0 Å². The van der Waals surface area contributed by atoms with Gasteiger partial charge in [0, 0.05) is 6.42 Å². The van der Waals surface area contributed by atoms with Gasteiger partial charge in [-0.3, -0.25) is 4.79 Å². The Morgan fingerprint density at radius 3 is 1.77 bits per heavy atom. The van der Waals surface area contributed by atoms with E-state index < -0.39 is 28.4 Å². The van der Waals surface area contributed by atoms with E-state index >= 15 is 0 Å². The maximum atomic E-state index is 11.3. The number of aliphatic hydroxyl groups excluding tert-OH is 1. The van der Waals surface area contributed by atoms with Gasteiger partial charge in [0.15, 0.2) is 0 Å². The van der Waals surface area contributed by atoms with Crippen LogP contribution in [0.25, 0.3) is 0 Å². The molecule has 22 heavy (non-hydrogen) atoms. The molecule has 0 aliphatic carbocycles. The lowest BCUT2D eigenvalue weighted by Gasteiger charge is -2.04. The summed E-state index contributed by atoms with van der Waals surface area (Å²) >= 11 is 0. The first-order valence-corrected chi connectivity index (χ1v) is 10.2. The van der Waals surface area contributed by atoms with E-state index in [4.69, 9.17) is 5.11 Å². The fourth-order valence-corrected chi connectivity index (χ4v) is 2.94. The van der Waals surface area contributed by atoms with Crippen molar-refractivity contribution in [3.63, 3.8) is 0 Å². The number of unbranched alkanes of at least 4 members (excludes halogenated alkanes) is 10. The smallest absolute Gasteiger partial charge is 0.322 e. The molecule has 0 unspecified atom stereocenters. The van der Waals surface area contributed by atoms with Crippen molar-refractivity contribution in [2.75, 3.05) is 12.4 Å². The Hall–Kier alpha value is -0.620. The zero-order chi connectivity index (χ0) is 16.7. The van der Waals surface area contributed by atoms with Crippen molar-refractivity contribution in [3.05, 3.63) is 0 Å². The van der Waals surface area contributed by atoms with Crippen molar-refractivity contribution >= 4 is 16.1 Å². The topological polar surface area (TPSA) is 80.7 Å². The molecule has 0 fully saturated rings. The Labute approximate surface area is 135 Å². The highest BCUT2D eigenvalue weighted by Crippen LogP contribution is 2.12. The molecule has 0 atom stereocenters. The van der Waals surface area contributed by atoms with Gasteiger partial charge in [0.2, 0.25) is 0 Å². The monoisotopic (exact) mass is 336 g/mol. The van der Waals surface area contributed by atoms with Gasteiger partial charge in [0.05, 0.1) is 6.61 Å². The van der Waals surface area contributed by atoms with Crippen LogP contribution in [0.15, 0.2) is 0 Å². The van der Waals surface area contributed by atoms with Crippen LogP contribution in [0.3, 0.4) is 0 Å². The molecule has 0 amide bonds. The first-order chi connectivity index (χ1) is 10.5. The zero-order valence-corrected chi connectivity index (χ0v) is 14.7. The average Bonchev–Trinajstić information content (AvgIpc) is 2.44. The van der Waals surface area contributed by atoms with Crippen LogP contribution in [0.2, 0.25) is 0 Å². The Balaban J connectivity index is 3.37. The summed E-state index contributed by atoms with van der Waals surface area (Å²) < 4.78 is 26.6. The molecule has 0 aliphatic rings. The lowest BCUT2D eigenvalue weighted by Crippen LogP contribution is -2.17. The second-order valence-corrected chi connectivity index (χ2v) is 7.42. The van der Waals surface area contributed by atoms with Crippen LogP contribution in [-0.2, 0) is 19.1 Å². The average molecular weight is 336 g/mol. The fourth-order valence-electron chi connectivity index (χ4n) is 2.27. The summed E-state index contributed by atoms with van der Waals surface area (Å²) in [7, 11) is -3.89. The Morgan fingerprint density at radius 1 is 0.864 bits per heavy atom. The molecule has 0 spiro atoms. The Morgan fingerprint density at radius 2 is 1.32 bits per heavy atom. The highest BCUT2D eigenvalue weighted by atomic mass is 32.2. The highest BCUT2D eigenvalue weighted by molar-refractivity contribution is 7.87. The number of rotatable bonds is 15. The third-order valence-electron chi connectivity index (χ3n) is 3.55. The molecule has 5 nitrogen and oxygen atoms in total. The van der Waals surface area contributed by atoms with E-state index in [0.717, 1.165) is 12.8 Å². The third kappa shape index (κ3) is 14.3. The van der Waals surface area contributed by atoms with E-state index in [2.05, 4.69) is 11.1 Å². The van der Waals surface area contributed by atoms with Gasteiger partial charge in [-0.15, -0.1) is 0 Å². The number of carbonyl (C=O) groups is 1. The van der Waals surface area contributed by atoms with Gasteiger partial charge in [0.1, 0.15) is 5.75 Å². The van der Waals surface area contributed by atoms with Crippen LogP contribution in [0.4, 0.5) is 0 Å². The van der Waals surface area contributed by atoms with Gasteiger partial charge in [0.25, 0.3) is 0 Å². The first kappa shape index (κ1) is 21.4. The summed E-state index contributed by atoms with van der Waals surface area (Å²) in [6, 6.07) is 0. The van der Waals surface area contributed by atoms with Crippen molar-refractivity contribution in [1.29, 1.82) is 0 Å². The van der Waals surface area contributed by atoms with E-state index in [1.54, 1.807) is 0 Å². The summed E-state index contributed by atoms with van der Waals surface area (Å²) in [5.74, 6) is -1.25. The second-order valence-electron chi connectivity index (χ2n) is 5.73. The molecule has 0 radical (unpaired) electrons. The molecule has 0 saturated heterocycles. The lowest BCUT2D eigenvalue weighted by atomic mass is 10.1. The summed E-state index contributed by atoms with van der Waals surface area (Å²) in [5.41, 5.74) is 0. The quantitative estimate of drug-likeness (QED) is 0.365. The van der Waals surface area contributed by atoms with Crippen LogP contribution < -0.4 is 0 Å². The van der Waals surface area contributed by atoms with Gasteiger partial charge >= 0.3 is 16.1 Å². The molecule has 0 saturated carbocycles. The number of hydrogen-bond donors (Lipinski definition) is 1. The van der Waals surface area contributed by atoms with E-state index in [0.29, 0.717) is 6.42 Å². The molecule has 6 heteroatoms. The van der Waals surface area contributed by atoms with Crippen molar-refractivity contribution < 1.29 is 22.5 Å². The minimum atomic E-state index is -3.89. The van der Waals surface area contributed by atoms with E-state index in [9.17, 15) is 13.2 Å². The lowest BCUT2D eigenvalue weighted by molar-refractivity contribution is -0.133. The van der Waals surface area contributed by atoms with Crippen LogP contribution >= 0.6 is 0 Å². The summed E-state index contributed by atoms with van der Waals surface area (Å²) in [6.07, 6.45) is 13.1. The molecular formula is C16H32O5S. The number of carbonyl (C=O) groups excluding carboxylic acids is 1. The number of aliphatic hydroxyl groups is 1. The third-order valence-corrected chi connectivity index (χ3v) is 4.67. The molecule has 0 aliphatic heterocycles. The first-order valence-electron chi connectivity index (χ1n) is 8.57. The standard InChI is InChI=1S/C16H32O5S/c1-2-3-4-5-6-7-8-9-10-11-12-13-16(18)21-22(19,20)15-14-17/h17H,2-15H2,1H3. The molecule has 1 N–H and O–H groups in total. The van der Waals surface area contributed by atoms with Crippen molar-refractivity contribution in [2.45, 2.75) is 84.0 Å². The van der Waals surface area contributed by atoms with Crippen LogP contribution in [-0.4, -0.2) is 31.9 Å². The SMILES string of the molecule is CCCCCCCCCCCCCC(=O)OS(=O)(=O)CCO. The molecule has 0 rings (SSSR count). The molecule has 0 aromatic heterocycles. The van der Waals surface area contributed by atoms with Crippen LogP contribution in [0.1, 0.15) is 84.0 Å². The zero-order valence-electron chi connectivity index (χ0n) is 13.9. The van der Waals surface area contributed by atoms with Gasteiger partial charge < -0.3 is 9.29 Å². The van der Waals surface area contributed by atoms with Crippen LogP contribution in [0, 0.1) is 0 Å². The minimum absolute atomic E-state index is 0.127. The maximum absolute atomic E-state index is 11.3. The van der Waals surface area contributed by atoms with E-state index in [-0.39, 0.29) is 6.42 Å². The van der Waals surface area contributed by atoms with Crippen molar-refractivity contribution in [2.24, 2.45) is 0 Å². The molecule has 0 aromatic carbocycles. The predicted molar refractivity (Wildman–Crippen MR) is 88.0 cm³/mol. The molecule has 0 bridgehead atoms. The van der Waals surface area contributed by atoms with Crippen molar-refractivity contribution in [3.8, 4) is 0 Å². The van der Waals surface area contributed by atoms with E-state index in [1.165, 1.54) is 51.4 Å². The maximum Gasteiger partial charge on any atom is 0.322 e. The second kappa shape index (κ2) is 14.0. The molecule has 132 valence electrons. The normalized spacial score (nSPS) is 11.5. The van der Waals surface area contributed by atoms with Crippen LogP contribution in [0.5, 0.6) is 0 Å². The predicted octanol–water partition coefficient (Wildman–Crippen LogP) is 3.55. The number of hydrogen-bond acceptors (Lipinski definition) is 5. The largest absolute Gasteiger partial charge is 0.395 e. The Bertz CT molecular complexity index is 365. The van der Waals surface area contributed by atoms with Gasteiger partial charge in [-0.2, -0.15) is 8.42 Å². The molecule has 0 heterocycles. The molecular weight excluding hydrogens is 304 g/mol. The summed E-state index contributed by atoms with van der Waals surface area (Å²) in [5, 5.41) is 8.52. The summed E-state index contributed by atoms with van der Waals surface area (Å²) in [4.78, 5) is 11.3. The van der Waals surface area contributed by atoms with Gasteiger partial charge in [-0.1, -0.05) is 71.1 Å². The van der Waals surface area contributed by atoms with Gasteiger partial charge in [-0.25, -0.2) is 0 Å². The fraction of sp³-hybridized carbons (Fsp3) is 0.938. The van der Waals surface area contributed by atoms with Crippen molar-refractivity contribution in [1.82, 2.24) is 0 Å².